The Bertz CT molecular complexity index is 1100. The van der Waals surface area contributed by atoms with E-state index in [-0.39, 0.29) is 11.8 Å². The lowest BCUT2D eigenvalue weighted by molar-refractivity contribution is 0.147. The van der Waals surface area contributed by atoms with Crippen LogP contribution in [0.25, 0.3) is 10.9 Å². The van der Waals surface area contributed by atoms with Crippen molar-refractivity contribution in [2.45, 2.75) is 38.1 Å². The molecular weight excluding hydrogens is 382 g/mol. The molecule has 3 heterocycles. The molecule has 1 aliphatic heterocycles. The van der Waals surface area contributed by atoms with Crippen molar-refractivity contribution in [2.24, 2.45) is 5.92 Å². The number of rotatable bonds is 5. The Kier molecular flexibility index (Phi) is 5.81. The molecule has 0 radical (unpaired) electrons. The molecule has 1 N–H and O–H groups in total. The summed E-state index contributed by atoms with van der Waals surface area (Å²) in [5.74, 6) is 0.995. The number of nitrogens with zero attached hydrogens (tertiary/aromatic N) is 3. The maximum atomic E-state index is 11.1. The van der Waals surface area contributed by atoms with Gasteiger partial charge in [-0.3, -0.25) is 14.9 Å². The largest absolute Gasteiger partial charge is 0.505 e. The SMILES string of the molecule is Oc1c(C(c2ccccn2)N2CCC(CC3=CCCC=C3)CC2)ccc2cccnc12. The number of aromatic nitrogens is 2. The molecule has 0 saturated carbocycles. The molecular formula is C27H29N3O. The Balaban J connectivity index is 1.41. The molecule has 1 unspecified atom stereocenters. The Morgan fingerprint density at radius 3 is 2.61 bits per heavy atom. The van der Waals surface area contributed by atoms with Crippen LogP contribution < -0.4 is 0 Å². The molecule has 2 aliphatic rings. The third-order valence-corrected chi connectivity index (χ3v) is 6.65. The van der Waals surface area contributed by atoms with E-state index < -0.39 is 0 Å². The van der Waals surface area contributed by atoms with Gasteiger partial charge in [-0.2, -0.15) is 0 Å². The van der Waals surface area contributed by atoms with Crippen LogP contribution in [0.15, 0.2) is 78.7 Å². The number of fused-ring (bicyclic) bond motifs is 1. The lowest BCUT2D eigenvalue weighted by atomic mass is 9.87. The Morgan fingerprint density at radius 1 is 0.968 bits per heavy atom. The predicted molar refractivity (Wildman–Crippen MR) is 125 cm³/mol. The summed E-state index contributed by atoms with van der Waals surface area (Å²) in [6.07, 6.45) is 16.5. The third kappa shape index (κ3) is 4.26. The molecule has 1 aromatic carbocycles. The first-order valence-corrected chi connectivity index (χ1v) is 11.4. The van der Waals surface area contributed by atoms with Gasteiger partial charge in [0.2, 0.25) is 0 Å². The van der Waals surface area contributed by atoms with Gasteiger partial charge in [0.1, 0.15) is 11.3 Å². The summed E-state index contributed by atoms with van der Waals surface area (Å²) in [7, 11) is 0. The van der Waals surface area contributed by atoms with Crippen molar-refractivity contribution in [3.05, 3.63) is 89.9 Å². The van der Waals surface area contributed by atoms with Crippen LogP contribution in [-0.2, 0) is 0 Å². The van der Waals surface area contributed by atoms with E-state index in [2.05, 4.69) is 45.2 Å². The van der Waals surface area contributed by atoms with Gasteiger partial charge in [0, 0.05) is 23.3 Å². The van der Waals surface area contributed by atoms with Gasteiger partial charge in [-0.1, -0.05) is 48.1 Å². The third-order valence-electron chi connectivity index (χ3n) is 6.65. The van der Waals surface area contributed by atoms with Crippen LogP contribution in [-0.4, -0.2) is 33.1 Å². The van der Waals surface area contributed by atoms with Crippen molar-refractivity contribution in [1.29, 1.82) is 0 Å². The second kappa shape index (κ2) is 9.03. The number of hydrogen-bond acceptors (Lipinski definition) is 4. The average Bonchev–Trinajstić information content (AvgIpc) is 2.83. The summed E-state index contributed by atoms with van der Waals surface area (Å²) in [6, 6.07) is 14.0. The first kappa shape index (κ1) is 20.0. The molecule has 0 amide bonds. The van der Waals surface area contributed by atoms with Gasteiger partial charge in [-0.05, 0) is 69.3 Å². The highest BCUT2D eigenvalue weighted by atomic mass is 16.3. The molecule has 4 heteroatoms. The maximum Gasteiger partial charge on any atom is 0.146 e. The lowest BCUT2D eigenvalue weighted by Gasteiger charge is -2.38. The second-order valence-electron chi connectivity index (χ2n) is 8.68. The van der Waals surface area contributed by atoms with Crippen molar-refractivity contribution in [3.8, 4) is 5.75 Å². The Labute approximate surface area is 184 Å². The topological polar surface area (TPSA) is 49.3 Å². The highest BCUT2D eigenvalue weighted by Crippen LogP contribution is 2.39. The fraction of sp³-hybridized carbons (Fsp3) is 0.333. The number of phenolic OH excluding ortho intramolecular Hbond substituents is 1. The highest BCUT2D eigenvalue weighted by molar-refractivity contribution is 5.85. The number of pyridine rings is 2. The van der Waals surface area contributed by atoms with E-state index >= 15 is 0 Å². The quantitative estimate of drug-likeness (QED) is 0.576. The Hall–Kier alpha value is -2.98. The number of piperidine rings is 1. The average molecular weight is 412 g/mol. The van der Waals surface area contributed by atoms with Gasteiger partial charge < -0.3 is 5.11 Å². The second-order valence-corrected chi connectivity index (χ2v) is 8.68. The fourth-order valence-electron chi connectivity index (χ4n) is 5.01. The molecule has 3 aromatic rings. The van der Waals surface area contributed by atoms with Crippen LogP contribution in [0.4, 0.5) is 0 Å². The first-order chi connectivity index (χ1) is 15.3. The summed E-state index contributed by atoms with van der Waals surface area (Å²) < 4.78 is 0. The molecule has 5 rings (SSSR count). The zero-order valence-electron chi connectivity index (χ0n) is 17.8. The van der Waals surface area contributed by atoms with E-state index in [1.54, 1.807) is 6.20 Å². The first-order valence-electron chi connectivity index (χ1n) is 11.4. The summed E-state index contributed by atoms with van der Waals surface area (Å²) in [5, 5.41) is 12.1. The number of hydrogen-bond donors (Lipinski definition) is 1. The van der Waals surface area contributed by atoms with Gasteiger partial charge >= 0.3 is 0 Å². The zero-order chi connectivity index (χ0) is 21.0. The molecule has 1 fully saturated rings. The predicted octanol–water partition coefficient (Wildman–Crippen LogP) is 5.80. The zero-order valence-corrected chi connectivity index (χ0v) is 17.8. The van der Waals surface area contributed by atoms with E-state index in [9.17, 15) is 5.11 Å². The number of aromatic hydroxyl groups is 1. The summed E-state index contributed by atoms with van der Waals surface area (Å²) in [6.45, 7) is 2.01. The van der Waals surface area contributed by atoms with Gasteiger partial charge in [0.25, 0.3) is 0 Å². The molecule has 0 bridgehead atoms. The molecule has 4 nitrogen and oxygen atoms in total. The molecule has 1 saturated heterocycles. The van der Waals surface area contributed by atoms with Crippen LogP contribution in [0.2, 0.25) is 0 Å². The molecule has 1 atom stereocenters. The number of phenols is 1. The molecule has 158 valence electrons. The minimum absolute atomic E-state index is 0.0673. The van der Waals surface area contributed by atoms with Crippen molar-refractivity contribution in [3.63, 3.8) is 0 Å². The van der Waals surface area contributed by atoms with Gasteiger partial charge in [0.15, 0.2) is 0 Å². The van der Waals surface area contributed by atoms with Crippen LogP contribution >= 0.6 is 0 Å². The van der Waals surface area contributed by atoms with Gasteiger partial charge in [0.05, 0.1) is 11.7 Å². The van der Waals surface area contributed by atoms with Crippen molar-refractivity contribution < 1.29 is 5.11 Å². The smallest absolute Gasteiger partial charge is 0.146 e. The number of benzene rings is 1. The summed E-state index contributed by atoms with van der Waals surface area (Å²) >= 11 is 0. The normalized spacial score (nSPS) is 18.8. The highest BCUT2D eigenvalue weighted by Gasteiger charge is 2.30. The summed E-state index contributed by atoms with van der Waals surface area (Å²) in [4.78, 5) is 11.6. The monoisotopic (exact) mass is 411 g/mol. The maximum absolute atomic E-state index is 11.1. The molecule has 2 aromatic heterocycles. The summed E-state index contributed by atoms with van der Waals surface area (Å²) in [5.41, 5.74) is 4.03. The van der Waals surface area contributed by atoms with Gasteiger partial charge in [-0.25, -0.2) is 0 Å². The number of likely N-dealkylation sites (tertiary alicyclic amines) is 1. The van der Waals surface area contributed by atoms with Crippen LogP contribution in [0.3, 0.4) is 0 Å². The van der Waals surface area contributed by atoms with Crippen LogP contribution in [0.1, 0.15) is 49.4 Å². The van der Waals surface area contributed by atoms with E-state index in [0.29, 0.717) is 5.52 Å². The Morgan fingerprint density at radius 2 is 1.84 bits per heavy atom. The van der Waals surface area contributed by atoms with E-state index in [0.717, 1.165) is 35.7 Å². The van der Waals surface area contributed by atoms with Crippen molar-refractivity contribution in [1.82, 2.24) is 14.9 Å². The minimum Gasteiger partial charge on any atom is -0.505 e. The van der Waals surface area contributed by atoms with Crippen molar-refractivity contribution >= 4 is 10.9 Å². The van der Waals surface area contributed by atoms with E-state index in [1.165, 1.54) is 37.7 Å². The fourth-order valence-corrected chi connectivity index (χ4v) is 5.01. The minimum atomic E-state index is -0.0673. The molecule has 31 heavy (non-hydrogen) atoms. The lowest BCUT2D eigenvalue weighted by Crippen LogP contribution is -2.37. The standard InChI is InChI=1S/C27H29N3O/c31-27-23(12-11-22-9-6-16-29-25(22)27)26(24-10-4-5-15-28-24)30-17-13-21(14-18-30)19-20-7-2-1-3-8-20/h2,4-12,15-16,21,26,31H,1,3,13-14,17-19H2. The van der Waals surface area contributed by atoms with E-state index in [1.807, 2.05) is 36.5 Å². The van der Waals surface area contributed by atoms with Crippen LogP contribution in [0, 0.1) is 5.92 Å². The number of allylic oxidation sites excluding steroid dienone is 4. The van der Waals surface area contributed by atoms with Crippen molar-refractivity contribution in [2.75, 3.05) is 13.1 Å². The van der Waals surface area contributed by atoms with Gasteiger partial charge in [-0.15, -0.1) is 0 Å². The van der Waals surface area contributed by atoms with E-state index in [4.69, 9.17) is 0 Å². The van der Waals surface area contributed by atoms with Crippen LogP contribution in [0.5, 0.6) is 5.75 Å². The molecule has 1 aliphatic carbocycles. The molecule has 0 spiro atoms.